The summed E-state index contributed by atoms with van der Waals surface area (Å²) in [6, 6.07) is 0. The quantitative estimate of drug-likeness (QED) is 0.160. The van der Waals surface area contributed by atoms with Crippen molar-refractivity contribution >= 4 is 7.82 Å². The van der Waals surface area contributed by atoms with E-state index in [4.69, 9.17) is 34.6 Å². The second-order valence-corrected chi connectivity index (χ2v) is 2.23. The molecule has 0 amide bonds. The van der Waals surface area contributed by atoms with Crippen LogP contribution in [0.15, 0.2) is 0 Å². The predicted molar refractivity (Wildman–Crippen MR) is 34.6 cm³/mol. The Balaban J connectivity index is -0.000000107. The van der Waals surface area contributed by atoms with Gasteiger partial charge in [0.05, 0.1) is 0 Å². The lowest BCUT2D eigenvalue weighted by Gasteiger charge is -2.01. The molecule has 0 saturated carbocycles. The van der Waals surface area contributed by atoms with Crippen LogP contribution in [0.2, 0.25) is 0 Å². The Morgan fingerprint density at radius 3 is 1.09 bits per heavy atom. The van der Waals surface area contributed by atoms with Gasteiger partial charge in [-0.1, -0.05) is 7.43 Å². The standard InChI is InChI=1S/CH5NO3.CH4.H3O4P/c2-1(3,4)5;;1-5(2,3)4/h3-5H,2H2;1H4;(H3,1,2,3,4). The highest BCUT2D eigenvalue weighted by Crippen LogP contribution is 2.25. The zero-order valence-corrected chi connectivity index (χ0v) is 5.51. The van der Waals surface area contributed by atoms with Gasteiger partial charge in [-0.05, 0) is 0 Å². The molecular weight excluding hydrogens is 181 g/mol. The first-order chi connectivity index (χ1) is 4.00. The van der Waals surface area contributed by atoms with Gasteiger partial charge < -0.3 is 30.0 Å². The summed E-state index contributed by atoms with van der Waals surface area (Å²) in [6.07, 6.45) is -3.00. The van der Waals surface area contributed by atoms with Crippen LogP contribution in [0.25, 0.3) is 0 Å². The van der Waals surface area contributed by atoms with E-state index in [9.17, 15) is 0 Å². The van der Waals surface area contributed by atoms with Crippen LogP contribution in [-0.4, -0.2) is 36.1 Å². The van der Waals surface area contributed by atoms with Crippen LogP contribution < -0.4 is 5.73 Å². The second-order valence-electron chi connectivity index (χ2n) is 1.20. The van der Waals surface area contributed by atoms with Crippen molar-refractivity contribution in [1.29, 1.82) is 0 Å². The van der Waals surface area contributed by atoms with Gasteiger partial charge in [-0.3, -0.25) is 5.73 Å². The molecular formula is C2H12NO7P. The topological polar surface area (TPSA) is 164 Å². The summed E-state index contributed by atoms with van der Waals surface area (Å²) in [5.74, 6) is 0. The molecule has 0 aliphatic rings. The van der Waals surface area contributed by atoms with E-state index in [1.807, 2.05) is 0 Å². The summed E-state index contributed by atoms with van der Waals surface area (Å²) in [5, 5.41) is 22.2. The fourth-order valence-electron chi connectivity index (χ4n) is 0. The molecule has 72 valence electrons. The van der Waals surface area contributed by atoms with E-state index in [2.05, 4.69) is 5.73 Å². The third kappa shape index (κ3) is 252000. The number of nitrogens with two attached hydrogens (primary N) is 1. The summed E-state index contributed by atoms with van der Waals surface area (Å²) < 4.78 is 8.88. The molecule has 0 bridgehead atoms. The first-order valence-corrected chi connectivity index (χ1v) is 3.31. The zero-order valence-electron chi connectivity index (χ0n) is 4.62. The fraction of sp³-hybridized carbons (Fsp3) is 1.00. The van der Waals surface area contributed by atoms with Gasteiger partial charge in [0.25, 0.3) is 0 Å². The Kier molecular flexibility index (Phi) is 8.70. The molecule has 0 aliphatic carbocycles. The number of aliphatic hydroxyl groups is 3. The van der Waals surface area contributed by atoms with Crippen molar-refractivity contribution in [3.8, 4) is 0 Å². The van der Waals surface area contributed by atoms with Gasteiger partial charge in [-0.15, -0.1) is 0 Å². The average Bonchev–Trinajstić information content (AvgIpc) is 1.12. The van der Waals surface area contributed by atoms with Crippen molar-refractivity contribution in [3.63, 3.8) is 0 Å². The number of hydrogen-bond acceptors (Lipinski definition) is 5. The van der Waals surface area contributed by atoms with E-state index in [0.29, 0.717) is 0 Å². The van der Waals surface area contributed by atoms with Crippen molar-refractivity contribution in [2.24, 2.45) is 5.73 Å². The lowest BCUT2D eigenvalue weighted by molar-refractivity contribution is -0.306. The van der Waals surface area contributed by atoms with Gasteiger partial charge in [0.15, 0.2) is 0 Å². The van der Waals surface area contributed by atoms with Crippen molar-refractivity contribution in [2.75, 3.05) is 0 Å². The SMILES string of the molecule is C.NC(O)(O)O.O=P(O)(O)O. The minimum absolute atomic E-state index is 0. The van der Waals surface area contributed by atoms with E-state index in [1.165, 1.54) is 0 Å². The molecule has 0 rings (SSSR count). The Morgan fingerprint density at radius 2 is 1.09 bits per heavy atom. The van der Waals surface area contributed by atoms with Crippen molar-refractivity contribution < 1.29 is 34.6 Å². The van der Waals surface area contributed by atoms with Crippen LogP contribution in [0.5, 0.6) is 0 Å². The molecule has 0 unspecified atom stereocenters. The fourth-order valence-corrected chi connectivity index (χ4v) is 0. The van der Waals surface area contributed by atoms with Crippen molar-refractivity contribution in [3.05, 3.63) is 0 Å². The maximum atomic E-state index is 8.88. The maximum Gasteiger partial charge on any atom is 0.466 e. The van der Waals surface area contributed by atoms with Crippen molar-refractivity contribution in [2.45, 2.75) is 13.5 Å². The average molecular weight is 193 g/mol. The molecule has 0 atom stereocenters. The summed E-state index contributed by atoms with van der Waals surface area (Å²) >= 11 is 0. The molecule has 0 aromatic carbocycles. The summed E-state index contributed by atoms with van der Waals surface area (Å²) in [4.78, 5) is 21.6. The third-order valence-electron chi connectivity index (χ3n) is 0. The lowest BCUT2D eigenvalue weighted by atomic mass is 11.1. The van der Waals surface area contributed by atoms with Gasteiger partial charge in [0, 0.05) is 0 Å². The normalized spacial score (nSPS) is 10.8. The number of hydrogen-bond donors (Lipinski definition) is 7. The molecule has 0 aliphatic heterocycles. The Hall–Kier alpha value is -0.0500. The van der Waals surface area contributed by atoms with Crippen LogP contribution in [0.4, 0.5) is 0 Å². The van der Waals surface area contributed by atoms with Crippen LogP contribution >= 0.6 is 7.82 Å². The molecule has 9 heteroatoms. The van der Waals surface area contributed by atoms with E-state index in [-0.39, 0.29) is 7.43 Å². The summed E-state index contributed by atoms with van der Waals surface area (Å²) in [5.41, 5.74) is 4.02. The van der Waals surface area contributed by atoms with E-state index >= 15 is 0 Å². The molecule has 8 N–H and O–H groups in total. The summed E-state index contributed by atoms with van der Waals surface area (Å²) in [7, 11) is -4.64. The molecule has 0 aromatic rings. The van der Waals surface area contributed by atoms with E-state index in [1.54, 1.807) is 0 Å². The first-order valence-electron chi connectivity index (χ1n) is 1.74. The lowest BCUT2D eigenvalue weighted by Crippen LogP contribution is -2.38. The third-order valence-corrected chi connectivity index (χ3v) is 0. The van der Waals surface area contributed by atoms with Crippen LogP contribution in [0.3, 0.4) is 0 Å². The van der Waals surface area contributed by atoms with Gasteiger partial charge in [-0.25, -0.2) is 4.57 Å². The highest BCUT2D eigenvalue weighted by atomic mass is 31.2. The van der Waals surface area contributed by atoms with E-state index < -0.39 is 13.9 Å². The zero-order chi connectivity index (χ0) is 9.00. The van der Waals surface area contributed by atoms with Crippen LogP contribution in [-0.2, 0) is 4.57 Å². The molecule has 8 nitrogen and oxygen atoms in total. The molecule has 0 heterocycles. The number of rotatable bonds is 0. The molecule has 0 aromatic heterocycles. The van der Waals surface area contributed by atoms with Gasteiger partial charge in [-0.2, -0.15) is 0 Å². The monoisotopic (exact) mass is 193 g/mol. The van der Waals surface area contributed by atoms with Crippen molar-refractivity contribution in [1.82, 2.24) is 0 Å². The Bertz CT molecular complexity index is 109. The predicted octanol–water partition coefficient (Wildman–Crippen LogP) is -2.76. The minimum atomic E-state index is -4.64. The largest absolute Gasteiger partial charge is 0.466 e. The highest BCUT2D eigenvalue weighted by molar-refractivity contribution is 7.45. The molecule has 0 saturated heterocycles. The molecule has 0 radical (unpaired) electrons. The maximum absolute atomic E-state index is 8.88. The van der Waals surface area contributed by atoms with Gasteiger partial charge in [0.1, 0.15) is 0 Å². The first kappa shape index (κ1) is 17.2. The molecule has 0 fully saturated rings. The minimum Gasteiger partial charge on any atom is -0.330 e. The Labute approximate surface area is 62.8 Å². The van der Waals surface area contributed by atoms with Gasteiger partial charge in [0.2, 0.25) is 0 Å². The Morgan fingerprint density at radius 1 is 1.09 bits per heavy atom. The molecule has 0 spiro atoms. The van der Waals surface area contributed by atoms with Gasteiger partial charge >= 0.3 is 13.9 Å². The van der Waals surface area contributed by atoms with E-state index in [0.717, 1.165) is 0 Å². The van der Waals surface area contributed by atoms with Crippen LogP contribution in [0, 0.1) is 0 Å². The highest BCUT2D eigenvalue weighted by Gasteiger charge is 2.04. The van der Waals surface area contributed by atoms with Crippen LogP contribution in [0.1, 0.15) is 7.43 Å². The molecule has 11 heavy (non-hydrogen) atoms. The smallest absolute Gasteiger partial charge is 0.330 e. The second kappa shape index (κ2) is 5.58. The summed E-state index contributed by atoms with van der Waals surface area (Å²) in [6.45, 7) is 0. The number of phosphoric acid groups is 1.